The summed E-state index contributed by atoms with van der Waals surface area (Å²) in [6.07, 6.45) is 5.28. The number of rotatable bonds is 5. The second-order valence-electron chi connectivity index (χ2n) is 6.13. The van der Waals surface area contributed by atoms with Gasteiger partial charge >= 0.3 is 0 Å². The summed E-state index contributed by atoms with van der Waals surface area (Å²) >= 11 is 0. The van der Waals surface area contributed by atoms with E-state index in [1.54, 1.807) is 18.5 Å². The number of nitrogens with one attached hydrogen (secondary N) is 1. The van der Waals surface area contributed by atoms with Crippen LogP contribution in [-0.4, -0.2) is 35.5 Å². The van der Waals surface area contributed by atoms with Gasteiger partial charge in [0.1, 0.15) is 11.6 Å². The lowest BCUT2D eigenvalue weighted by molar-refractivity contribution is -0.125. The first-order valence-electron chi connectivity index (χ1n) is 8.36. The molecule has 0 spiro atoms. The van der Waals surface area contributed by atoms with Crippen LogP contribution in [-0.2, 0) is 11.2 Å². The maximum Gasteiger partial charge on any atom is 0.225 e. The lowest BCUT2D eigenvalue weighted by Gasteiger charge is -2.31. The van der Waals surface area contributed by atoms with E-state index >= 15 is 0 Å². The van der Waals surface area contributed by atoms with Crippen LogP contribution in [0, 0.1) is 17.6 Å². The maximum absolute atomic E-state index is 13.1. The van der Waals surface area contributed by atoms with Gasteiger partial charge in [-0.2, -0.15) is 0 Å². The molecule has 1 aliphatic rings. The van der Waals surface area contributed by atoms with E-state index in [1.165, 1.54) is 12.1 Å². The third-order valence-electron chi connectivity index (χ3n) is 4.34. The highest BCUT2D eigenvalue weighted by Crippen LogP contribution is 2.20. The quantitative estimate of drug-likeness (QED) is 0.903. The minimum atomic E-state index is -0.600. The van der Waals surface area contributed by atoms with Crippen molar-refractivity contribution < 1.29 is 13.6 Å². The maximum atomic E-state index is 13.1. The van der Waals surface area contributed by atoms with Gasteiger partial charge in [-0.05, 0) is 43.0 Å². The predicted octanol–water partition coefficient (Wildman–Crippen LogP) is 2.33. The Hall–Kier alpha value is -2.57. The smallest absolute Gasteiger partial charge is 0.225 e. The van der Waals surface area contributed by atoms with E-state index in [4.69, 9.17) is 0 Å². The van der Waals surface area contributed by atoms with Crippen molar-refractivity contribution >= 4 is 11.9 Å². The number of aromatic nitrogens is 2. The topological polar surface area (TPSA) is 58.1 Å². The Morgan fingerprint density at radius 1 is 1.12 bits per heavy atom. The molecule has 0 saturated carbocycles. The number of piperidine rings is 1. The summed E-state index contributed by atoms with van der Waals surface area (Å²) in [6.45, 7) is 1.83. The molecule has 0 radical (unpaired) electrons. The molecular weight excluding hydrogens is 326 g/mol. The number of halogens is 2. The minimum absolute atomic E-state index is 0.00879. The number of carbonyl (C=O) groups is 1. The van der Waals surface area contributed by atoms with Crippen molar-refractivity contribution in [3.05, 3.63) is 53.9 Å². The Morgan fingerprint density at radius 2 is 1.76 bits per heavy atom. The standard InChI is InChI=1S/C18H20F2N4O/c19-15-10-13(11-16(20)12-15)2-7-21-17(25)14-3-8-24(9-4-14)18-22-5-1-6-23-18/h1,5-6,10-12,14H,2-4,7-9H2,(H,21,25). The summed E-state index contributed by atoms with van der Waals surface area (Å²) < 4.78 is 26.3. The van der Waals surface area contributed by atoms with E-state index in [0.29, 0.717) is 24.5 Å². The Kier molecular flexibility index (Phi) is 5.53. The van der Waals surface area contributed by atoms with E-state index in [2.05, 4.69) is 20.2 Å². The first kappa shape index (κ1) is 17.3. The van der Waals surface area contributed by atoms with Crippen molar-refractivity contribution in [1.29, 1.82) is 0 Å². The van der Waals surface area contributed by atoms with E-state index in [0.717, 1.165) is 32.0 Å². The molecule has 1 saturated heterocycles. The van der Waals surface area contributed by atoms with Crippen LogP contribution in [0.25, 0.3) is 0 Å². The highest BCUT2D eigenvalue weighted by Gasteiger charge is 2.25. The number of anilines is 1. The van der Waals surface area contributed by atoms with Crippen molar-refractivity contribution in [2.24, 2.45) is 5.92 Å². The minimum Gasteiger partial charge on any atom is -0.356 e. The molecule has 1 aromatic carbocycles. The van der Waals surface area contributed by atoms with E-state index in [9.17, 15) is 13.6 Å². The summed E-state index contributed by atoms with van der Waals surface area (Å²) in [6, 6.07) is 5.18. The highest BCUT2D eigenvalue weighted by molar-refractivity contribution is 5.78. The third-order valence-corrected chi connectivity index (χ3v) is 4.34. The van der Waals surface area contributed by atoms with E-state index in [-0.39, 0.29) is 11.8 Å². The molecule has 0 bridgehead atoms. The molecule has 1 N–H and O–H groups in total. The fourth-order valence-electron chi connectivity index (χ4n) is 3.03. The summed E-state index contributed by atoms with van der Waals surface area (Å²) in [5.74, 6) is -0.571. The molecule has 3 rings (SSSR count). The molecule has 1 aromatic heterocycles. The zero-order valence-corrected chi connectivity index (χ0v) is 13.8. The Morgan fingerprint density at radius 3 is 2.40 bits per heavy atom. The van der Waals surface area contributed by atoms with Gasteiger partial charge in [0.15, 0.2) is 0 Å². The number of hydrogen-bond donors (Lipinski definition) is 1. The molecule has 7 heteroatoms. The fourth-order valence-corrected chi connectivity index (χ4v) is 3.03. The molecule has 0 unspecified atom stereocenters. The fraction of sp³-hybridized carbons (Fsp3) is 0.389. The van der Waals surface area contributed by atoms with Crippen molar-refractivity contribution in [2.45, 2.75) is 19.3 Å². The van der Waals surface area contributed by atoms with E-state index < -0.39 is 11.6 Å². The van der Waals surface area contributed by atoms with Gasteiger partial charge in [0.2, 0.25) is 11.9 Å². The van der Waals surface area contributed by atoms with Crippen LogP contribution < -0.4 is 10.2 Å². The second-order valence-corrected chi connectivity index (χ2v) is 6.13. The summed E-state index contributed by atoms with van der Waals surface area (Å²) in [5.41, 5.74) is 0.536. The van der Waals surface area contributed by atoms with Crippen LogP contribution in [0.4, 0.5) is 14.7 Å². The molecule has 0 aliphatic carbocycles. The van der Waals surface area contributed by atoms with Crippen LogP contribution in [0.1, 0.15) is 18.4 Å². The molecule has 2 aromatic rings. The normalized spacial score (nSPS) is 15.2. The van der Waals surface area contributed by atoms with Gasteiger partial charge in [-0.25, -0.2) is 18.7 Å². The third kappa shape index (κ3) is 4.71. The van der Waals surface area contributed by atoms with Crippen molar-refractivity contribution in [3.63, 3.8) is 0 Å². The van der Waals surface area contributed by atoms with Gasteiger partial charge in [0.25, 0.3) is 0 Å². The van der Waals surface area contributed by atoms with Gasteiger partial charge in [0, 0.05) is 44.0 Å². The number of carbonyl (C=O) groups excluding carboxylic acids is 1. The van der Waals surface area contributed by atoms with Crippen molar-refractivity contribution in [2.75, 3.05) is 24.5 Å². The molecule has 132 valence electrons. The monoisotopic (exact) mass is 346 g/mol. The Labute approximate surface area is 145 Å². The van der Waals surface area contributed by atoms with Crippen LogP contribution in [0.15, 0.2) is 36.7 Å². The zero-order valence-electron chi connectivity index (χ0n) is 13.8. The van der Waals surface area contributed by atoms with Crippen LogP contribution in [0.3, 0.4) is 0 Å². The summed E-state index contributed by atoms with van der Waals surface area (Å²) in [5, 5.41) is 2.86. The Balaban J connectivity index is 1.43. The molecule has 2 heterocycles. The van der Waals surface area contributed by atoms with Gasteiger partial charge < -0.3 is 10.2 Å². The second kappa shape index (κ2) is 8.00. The average molecular weight is 346 g/mol. The summed E-state index contributed by atoms with van der Waals surface area (Å²) in [7, 11) is 0. The van der Waals surface area contributed by atoms with Gasteiger partial charge in [-0.1, -0.05) is 0 Å². The van der Waals surface area contributed by atoms with Crippen molar-refractivity contribution in [3.8, 4) is 0 Å². The first-order valence-corrected chi connectivity index (χ1v) is 8.36. The van der Waals surface area contributed by atoms with Crippen LogP contribution >= 0.6 is 0 Å². The van der Waals surface area contributed by atoms with Crippen LogP contribution in [0.5, 0.6) is 0 Å². The van der Waals surface area contributed by atoms with Gasteiger partial charge in [0.05, 0.1) is 0 Å². The average Bonchev–Trinajstić information content (AvgIpc) is 2.62. The molecular formula is C18H20F2N4O. The molecule has 1 fully saturated rings. The molecule has 25 heavy (non-hydrogen) atoms. The first-order chi connectivity index (χ1) is 12.1. The van der Waals surface area contributed by atoms with Gasteiger partial charge in [-0.15, -0.1) is 0 Å². The SMILES string of the molecule is O=C(NCCc1cc(F)cc(F)c1)C1CCN(c2ncccn2)CC1. The summed E-state index contributed by atoms with van der Waals surface area (Å²) in [4.78, 5) is 22.8. The number of amides is 1. The van der Waals surface area contributed by atoms with Gasteiger partial charge in [-0.3, -0.25) is 4.79 Å². The Bertz CT molecular complexity index is 698. The molecule has 5 nitrogen and oxygen atoms in total. The molecule has 1 aliphatic heterocycles. The number of benzene rings is 1. The predicted molar refractivity (Wildman–Crippen MR) is 90.0 cm³/mol. The largest absolute Gasteiger partial charge is 0.356 e. The lowest BCUT2D eigenvalue weighted by Crippen LogP contribution is -2.41. The highest BCUT2D eigenvalue weighted by atomic mass is 19.1. The molecule has 1 amide bonds. The molecule has 0 atom stereocenters. The lowest BCUT2D eigenvalue weighted by atomic mass is 9.96. The van der Waals surface area contributed by atoms with Crippen LogP contribution in [0.2, 0.25) is 0 Å². The zero-order chi connectivity index (χ0) is 17.6. The van der Waals surface area contributed by atoms with E-state index in [1.807, 2.05) is 0 Å². The van der Waals surface area contributed by atoms with Crippen molar-refractivity contribution in [1.82, 2.24) is 15.3 Å². The number of hydrogen-bond acceptors (Lipinski definition) is 4. The number of nitrogens with zero attached hydrogens (tertiary/aromatic N) is 3.